The van der Waals surface area contributed by atoms with Gasteiger partial charge in [-0.2, -0.15) is 5.06 Å². The maximum Gasteiger partial charge on any atom is 0.219 e. The first-order valence-corrected chi connectivity index (χ1v) is 10.7. The van der Waals surface area contributed by atoms with Crippen LogP contribution in [0.5, 0.6) is 5.75 Å². The number of hydrogen-bond donors (Lipinski definition) is 1. The van der Waals surface area contributed by atoms with Gasteiger partial charge in [0.25, 0.3) is 0 Å². The number of benzene rings is 2. The molecule has 4 rings (SSSR count). The highest BCUT2D eigenvalue weighted by atomic mass is 32.2. The molecule has 0 unspecified atom stereocenters. The van der Waals surface area contributed by atoms with Crippen LogP contribution in [0.3, 0.4) is 0 Å². The normalized spacial score (nSPS) is 23.4. The van der Waals surface area contributed by atoms with Crippen LogP contribution in [0, 0.1) is 0 Å². The Morgan fingerprint density at radius 2 is 1.81 bits per heavy atom. The van der Waals surface area contributed by atoms with Gasteiger partial charge >= 0.3 is 0 Å². The third kappa shape index (κ3) is 4.32. The monoisotopic (exact) mass is 388 g/mol. The van der Waals surface area contributed by atoms with Gasteiger partial charge in [-0.1, -0.05) is 42.5 Å². The van der Waals surface area contributed by atoms with Crippen molar-refractivity contribution in [1.82, 2.24) is 9.79 Å². The fourth-order valence-corrected chi connectivity index (χ4v) is 5.09. The molecule has 2 aromatic rings. The Morgan fingerprint density at radius 3 is 2.48 bits per heavy atom. The van der Waals surface area contributed by atoms with Crippen molar-refractivity contribution in [1.29, 1.82) is 0 Å². The van der Waals surface area contributed by atoms with Gasteiger partial charge in [-0.3, -0.25) is 4.84 Å². The average molecular weight is 388 g/mol. The molecule has 0 spiro atoms. The van der Waals surface area contributed by atoms with Crippen molar-refractivity contribution < 1.29 is 18.0 Å². The summed E-state index contributed by atoms with van der Waals surface area (Å²) in [6, 6.07) is 17.3. The maximum absolute atomic E-state index is 12.7. The zero-order valence-corrected chi connectivity index (χ0v) is 16.1. The Morgan fingerprint density at radius 1 is 1.11 bits per heavy atom. The molecule has 1 N–H and O–H groups in total. The van der Waals surface area contributed by atoms with Crippen molar-refractivity contribution in [2.45, 2.75) is 36.8 Å². The summed E-state index contributed by atoms with van der Waals surface area (Å²) in [5.41, 5.74) is 2.00. The summed E-state index contributed by atoms with van der Waals surface area (Å²) in [5, 5.41) is 1.01. The minimum atomic E-state index is -3.43. The number of sulfonamides is 1. The topological polar surface area (TPSA) is 67.9 Å². The zero-order valence-electron chi connectivity index (χ0n) is 15.2. The molecule has 7 heteroatoms. The Balaban J connectivity index is 1.46. The Bertz CT molecular complexity index is 867. The van der Waals surface area contributed by atoms with Crippen molar-refractivity contribution in [2.75, 3.05) is 13.7 Å². The molecule has 2 atom stereocenters. The Hall–Kier alpha value is -1.93. The highest BCUT2D eigenvalue weighted by Gasteiger charge is 2.44. The number of nitrogens with one attached hydrogen (secondary N) is 1. The molecule has 1 heterocycles. The zero-order chi connectivity index (χ0) is 18.9. The van der Waals surface area contributed by atoms with E-state index in [2.05, 4.69) is 4.72 Å². The van der Waals surface area contributed by atoms with E-state index >= 15 is 0 Å². The molecule has 0 bridgehead atoms. The lowest BCUT2D eigenvalue weighted by Crippen LogP contribution is -2.40. The molecule has 0 amide bonds. The summed E-state index contributed by atoms with van der Waals surface area (Å²) in [6.45, 7) is 0.657. The quantitative estimate of drug-likeness (QED) is 0.790. The van der Waals surface area contributed by atoms with Crippen molar-refractivity contribution in [3.8, 4) is 5.75 Å². The highest BCUT2D eigenvalue weighted by Crippen LogP contribution is 2.35. The molecule has 2 fully saturated rings. The van der Waals surface area contributed by atoms with Gasteiger partial charge in [-0.05, 0) is 36.1 Å². The lowest BCUT2D eigenvalue weighted by Gasteiger charge is -2.23. The number of hydroxylamine groups is 2. The van der Waals surface area contributed by atoms with Crippen molar-refractivity contribution in [3.05, 3.63) is 65.7 Å². The highest BCUT2D eigenvalue weighted by molar-refractivity contribution is 7.90. The van der Waals surface area contributed by atoms with Crippen LogP contribution in [0.25, 0.3) is 0 Å². The minimum absolute atomic E-state index is 0.0929. The van der Waals surface area contributed by atoms with E-state index in [0.717, 1.165) is 29.7 Å². The standard InChI is InChI=1S/C20H24N2O4S/c1-22-20(19(14-26-22)27(23,24)21-17-9-10-17)16-7-11-18(12-8-16)25-13-15-5-3-2-4-6-15/h2-8,11-12,17,19-21H,9-10,13-14H2,1H3/t19-,20-/m0/s1. The molecule has 0 aromatic heterocycles. The van der Waals surface area contributed by atoms with E-state index in [4.69, 9.17) is 9.57 Å². The molecular weight excluding hydrogens is 364 g/mol. The molecule has 2 aromatic carbocycles. The molecule has 27 heavy (non-hydrogen) atoms. The summed E-state index contributed by atoms with van der Waals surface area (Å²) in [4.78, 5) is 5.54. The molecule has 1 aliphatic carbocycles. The lowest BCUT2D eigenvalue weighted by molar-refractivity contribution is -0.110. The second kappa shape index (κ2) is 7.59. The van der Waals surface area contributed by atoms with Crippen molar-refractivity contribution in [3.63, 3.8) is 0 Å². The van der Waals surface area contributed by atoms with E-state index in [9.17, 15) is 8.42 Å². The third-order valence-electron chi connectivity index (χ3n) is 4.96. The maximum atomic E-state index is 12.7. The van der Waals surface area contributed by atoms with Gasteiger partial charge in [0, 0.05) is 13.1 Å². The van der Waals surface area contributed by atoms with Gasteiger partial charge in [-0.15, -0.1) is 0 Å². The number of ether oxygens (including phenoxy) is 1. The minimum Gasteiger partial charge on any atom is -0.489 e. The third-order valence-corrected chi connectivity index (χ3v) is 6.82. The summed E-state index contributed by atoms with van der Waals surface area (Å²) < 4.78 is 34.0. The molecule has 6 nitrogen and oxygen atoms in total. The Labute approximate surface area is 160 Å². The smallest absolute Gasteiger partial charge is 0.219 e. The molecule has 1 saturated heterocycles. The van der Waals surface area contributed by atoms with Crippen LogP contribution in [0.15, 0.2) is 54.6 Å². The summed E-state index contributed by atoms with van der Waals surface area (Å²) >= 11 is 0. The Kier molecular flexibility index (Phi) is 5.19. The second-order valence-electron chi connectivity index (χ2n) is 7.11. The van der Waals surface area contributed by atoms with Crippen LogP contribution in [0.1, 0.15) is 30.0 Å². The summed E-state index contributed by atoms with van der Waals surface area (Å²) in [7, 11) is -1.66. The number of hydrogen-bond acceptors (Lipinski definition) is 5. The molecule has 1 aliphatic heterocycles. The molecular formula is C20H24N2O4S. The fraction of sp³-hybridized carbons (Fsp3) is 0.400. The van der Waals surface area contributed by atoms with E-state index in [1.165, 1.54) is 0 Å². The molecule has 2 aliphatic rings. The van der Waals surface area contributed by atoms with Gasteiger partial charge in [0.2, 0.25) is 10.0 Å². The predicted molar refractivity (Wildman–Crippen MR) is 103 cm³/mol. The van der Waals surface area contributed by atoms with Crippen LogP contribution in [-0.2, 0) is 21.5 Å². The second-order valence-corrected chi connectivity index (χ2v) is 9.04. The van der Waals surface area contributed by atoms with E-state index in [1.807, 2.05) is 54.6 Å². The van der Waals surface area contributed by atoms with E-state index in [0.29, 0.717) is 6.61 Å². The van der Waals surface area contributed by atoms with E-state index in [1.54, 1.807) is 12.1 Å². The fourth-order valence-electron chi connectivity index (χ4n) is 3.30. The van der Waals surface area contributed by atoms with Gasteiger partial charge in [-0.25, -0.2) is 13.1 Å². The number of rotatable bonds is 7. The largest absolute Gasteiger partial charge is 0.489 e. The van der Waals surface area contributed by atoms with Crippen LogP contribution in [0.4, 0.5) is 0 Å². The van der Waals surface area contributed by atoms with Gasteiger partial charge in [0.15, 0.2) is 0 Å². The predicted octanol–water partition coefficient (Wildman–Crippen LogP) is 2.63. The van der Waals surface area contributed by atoms with Crippen LogP contribution in [0.2, 0.25) is 0 Å². The first-order valence-electron chi connectivity index (χ1n) is 9.16. The van der Waals surface area contributed by atoms with Crippen LogP contribution < -0.4 is 9.46 Å². The van der Waals surface area contributed by atoms with Gasteiger partial charge in [0.05, 0.1) is 12.6 Å². The molecule has 144 valence electrons. The lowest BCUT2D eigenvalue weighted by atomic mass is 10.0. The number of nitrogens with zero attached hydrogens (tertiary/aromatic N) is 1. The van der Waals surface area contributed by atoms with Gasteiger partial charge < -0.3 is 4.74 Å². The molecule has 0 radical (unpaired) electrons. The van der Waals surface area contributed by atoms with Gasteiger partial charge in [0.1, 0.15) is 17.6 Å². The van der Waals surface area contributed by atoms with E-state index in [-0.39, 0.29) is 18.7 Å². The van der Waals surface area contributed by atoms with Crippen molar-refractivity contribution in [2.24, 2.45) is 0 Å². The van der Waals surface area contributed by atoms with E-state index < -0.39 is 15.3 Å². The summed E-state index contributed by atoms with van der Waals surface area (Å²) in [6.07, 6.45) is 1.83. The first kappa shape index (κ1) is 18.4. The molecule has 1 saturated carbocycles. The van der Waals surface area contributed by atoms with Crippen LogP contribution in [-0.4, -0.2) is 38.4 Å². The first-order chi connectivity index (χ1) is 13.0. The van der Waals surface area contributed by atoms with Crippen molar-refractivity contribution >= 4 is 10.0 Å². The van der Waals surface area contributed by atoms with Crippen LogP contribution >= 0.6 is 0 Å². The SMILES string of the molecule is CN1OC[C@H](S(=O)(=O)NC2CC2)[C@@H]1c1ccc(OCc2ccccc2)cc1. The average Bonchev–Trinajstić information content (AvgIpc) is 3.38. The summed E-state index contributed by atoms with van der Waals surface area (Å²) in [5.74, 6) is 0.750.